The summed E-state index contributed by atoms with van der Waals surface area (Å²) in [5, 5.41) is 0. The van der Waals surface area contributed by atoms with Crippen molar-refractivity contribution in [1.29, 1.82) is 0 Å². The fourth-order valence-corrected chi connectivity index (χ4v) is 6.81. The maximum atomic E-state index is 12.6. The topological polar surface area (TPSA) is 71.1 Å². The third kappa shape index (κ3) is 4.26. The predicted molar refractivity (Wildman–Crippen MR) is 126 cm³/mol. The van der Waals surface area contributed by atoms with Crippen LogP contribution < -0.4 is 9.47 Å². The number of para-hydroxylation sites is 2. The van der Waals surface area contributed by atoms with Gasteiger partial charge in [0.1, 0.15) is 22.6 Å². The molecule has 2 aromatic carbocycles. The van der Waals surface area contributed by atoms with Gasteiger partial charge in [-0.2, -0.15) is 0 Å². The van der Waals surface area contributed by atoms with Gasteiger partial charge in [0, 0.05) is 0 Å². The van der Waals surface area contributed by atoms with Crippen molar-refractivity contribution in [2.75, 3.05) is 27.4 Å². The van der Waals surface area contributed by atoms with Crippen LogP contribution in [0.4, 0.5) is 0 Å². The Morgan fingerprint density at radius 3 is 1.88 bits per heavy atom. The van der Waals surface area contributed by atoms with Crippen molar-refractivity contribution in [3.63, 3.8) is 0 Å². The fraction of sp³-hybridized carbons (Fsp3) is 0.500. The van der Waals surface area contributed by atoms with Crippen LogP contribution in [0.5, 0.6) is 11.5 Å². The highest BCUT2D eigenvalue weighted by Crippen LogP contribution is 2.62. The van der Waals surface area contributed by atoms with Gasteiger partial charge in [-0.15, -0.1) is 0 Å². The molecule has 34 heavy (non-hydrogen) atoms. The van der Waals surface area contributed by atoms with Gasteiger partial charge in [-0.05, 0) is 85.5 Å². The monoisotopic (exact) mass is 464 g/mol. The number of benzene rings is 2. The third-order valence-electron chi connectivity index (χ3n) is 8.23. The smallest absolute Gasteiger partial charge is 0.341 e. The van der Waals surface area contributed by atoms with Crippen molar-refractivity contribution in [1.82, 2.24) is 0 Å². The van der Waals surface area contributed by atoms with Crippen LogP contribution in [0.3, 0.4) is 0 Å². The molecule has 3 aliphatic rings. The molecule has 0 heterocycles. The lowest BCUT2D eigenvalue weighted by atomic mass is 9.76. The lowest BCUT2D eigenvalue weighted by molar-refractivity contribution is 0.0332. The summed E-state index contributed by atoms with van der Waals surface area (Å²) >= 11 is 0. The number of rotatable bonds is 8. The zero-order chi connectivity index (χ0) is 23.7. The number of methoxy groups -OCH3 is 2. The molecule has 6 atom stereocenters. The van der Waals surface area contributed by atoms with Gasteiger partial charge < -0.3 is 18.9 Å². The molecule has 2 aromatic rings. The Morgan fingerprint density at radius 2 is 1.26 bits per heavy atom. The second-order valence-electron chi connectivity index (χ2n) is 9.92. The predicted octanol–water partition coefficient (Wildman–Crippen LogP) is 5.02. The van der Waals surface area contributed by atoms with Crippen LogP contribution in [0.15, 0.2) is 48.5 Å². The van der Waals surface area contributed by atoms with Crippen LogP contribution in [0.25, 0.3) is 0 Å². The molecule has 5 rings (SSSR count). The van der Waals surface area contributed by atoms with Gasteiger partial charge in [0.2, 0.25) is 0 Å². The Labute approximate surface area is 200 Å². The standard InChI is InChI=1S/C28H32O6/c1-31-25-9-5-3-7-20(25)27(29)33-15-17-11-22-18-13-19(23(14-18)24(22)12-17)16-34-28(30)21-8-4-6-10-26(21)32-2/h3-10,17-19,22-24H,11-16H2,1-2H3/t17?,18-,19?,22?,23?,24?/m1/s1. The highest BCUT2D eigenvalue weighted by atomic mass is 16.5. The largest absolute Gasteiger partial charge is 0.496 e. The van der Waals surface area contributed by atoms with Gasteiger partial charge in [-0.3, -0.25) is 0 Å². The fourth-order valence-electron chi connectivity index (χ4n) is 6.81. The molecule has 180 valence electrons. The first-order valence-electron chi connectivity index (χ1n) is 12.2. The van der Waals surface area contributed by atoms with Gasteiger partial charge in [0.25, 0.3) is 0 Å². The Balaban J connectivity index is 1.13. The van der Waals surface area contributed by atoms with Crippen molar-refractivity contribution in [2.24, 2.45) is 35.5 Å². The molecule has 3 fully saturated rings. The summed E-state index contributed by atoms with van der Waals surface area (Å²) in [7, 11) is 3.12. The summed E-state index contributed by atoms with van der Waals surface area (Å²) in [5.41, 5.74) is 0.948. The zero-order valence-corrected chi connectivity index (χ0v) is 19.8. The van der Waals surface area contributed by atoms with Crippen molar-refractivity contribution in [3.8, 4) is 11.5 Å². The van der Waals surface area contributed by atoms with E-state index in [0.29, 0.717) is 71.3 Å². The van der Waals surface area contributed by atoms with E-state index in [1.165, 1.54) is 6.42 Å². The maximum Gasteiger partial charge on any atom is 0.341 e. The first kappa shape index (κ1) is 22.8. The molecule has 5 unspecified atom stereocenters. The minimum absolute atomic E-state index is 0.315. The van der Waals surface area contributed by atoms with Gasteiger partial charge in [-0.25, -0.2) is 9.59 Å². The van der Waals surface area contributed by atoms with Gasteiger partial charge in [0.15, 0.2) is 0 Å². The van der Waals surface area contributed by atoms with E-state index < -0.39 is 0 Å². The van der Waals surface area contributed by atoms with E-state index >= 15 is 0 Å². The molecule has 0 aliphatic heterocycles. The summed E-state index contributed by atoms with van der Waals surface area (Å²) in [6, 6.07) is 14.3. The number of carbonyl (C=O) groups is 2. The van der Waals surface area contributed by atoms with Crippen molar-refractivity contribution in [3.05, 3.63) is 59.7 Å². The van der Waals surface area contributed by atoms with E-state index in [2.05, 4.69) is 0 Å². The second-order valence-corrected chi connectivity index (χ2v) is 9.92. The van der Waals surface area contributed by atoms with E-state index in [0.717, 1.165) is 19.3 Å². The van der Waals surface area contributed by atoms with Crippen LogP contribution >= 0.6 is 0 Å². The third-order valence-corrected chi connectivity index (χ3v) is 8.23. The molecular formula is C28H32O6. The lowest BCUT2D eigenvalue weighted by Gasteiger charge is -2.31. The molecule has 0 spiro atoms. The molecule has 0 amide bonds. The molecule has 0 aromatic heterocycles. The molecule has 2 bridgehead atoms. The molecule has 6 nitrogen and oxygen atoms in total. The average Bonchev–Trinajstić information content (AvgIpc) is 3.57. The Hall–Kier alpha value is -3.02. The van der Waals surface area contributed by atoms with Crippen LogP contribution in [0.1, 0.15) is 46.4 Å². The summed E-state index contributed by atoms with van der Waals surface area (Å²) in [6.45, 7) is 0.922. The number of carbonyl (C=O) groups excluding carboxylic acids is 2. The van der Waals surface area contributed by atoms with Crippen molar-refractivity contribution in [2.45, 2.75) is 25.7 Å². The number of esters is 2. The van der Waals surface area contributed by atoms with E-state index in [1.54, 1.807) is 38.5 Å². The normalized spacial score (nSPS) is 28.9. The molecule has 0 saturated heterocycles. The Bertz CT molecular complexity index is 1050. The number of hydrogen-bond donors (Lipinski definition) is 0. The molecular weight excluding hydrogens is 432 g/mol. The summed E-state index contributed by atoms with van der Waals surface area (Å²) in [4.78, 5) is 25.2. The molecule has 3 aliphatic carbocycles. The average molecular weight is 465 g/mol. The van der Waals surface area contributed by atoms with E-state index in [4.69, 9.17) is 18.9 Å². The van der Waals surface area contributed by atoms with Crippen LogP contribution in [-0.4, -0.2) is 39.4 Å². The van der Waals surface area contributed by atoms with Gasteiger partial charge in [0.05, 0.1) is 27.4 Å². The first-order chi connectivity index (χ1) is 16.6. The zero-order valence-electron chi connectivity index (χ0n) is 19.8. The quantitative estimate of drug-likeness (QED) is 0.511. The summed E-state index contributed by atoms with van der Waals surface area (Å²) in [6.07, 6.45) is 4.57. The van der Waals surface area contributed by atoms with E-state index in [9.17, 15) is 9.59 Å². The second kappa shape index (κ2) is 9.69. The minimum Gasteiger partial charge on any atom is -0.496 e. The molecule has 0 N–H and O–H groups in total. The van der Waals surface area contributed by atoms with Crippen LogP contribution in [0, 0.1) is 35.5 Å². The van der Waals surface area contributed by atoms with Gasteiger partial charge >= 0.3 is 11.9 Å². The van der Waals surface area contributed by atoms with Crippen molar-refractivity contribution >= 4 is 11.9 Å². The van der Waals surface area contributed by atoms with Gasteiger partial charge in [-0.1, -0.05) is 24.3 Å². The number of hydrogen-bond acceptors (Lipinski definition) is 6. The SMILES string of the molecule is COc1ccccc1C(=O)OCC1CC2C3C[C@@H](CC3COC(=O)c3ccccc3OC)C2C1. The van der Waals surface area contributed by atoms with Crippen molar-refractivity contribution < 1.29 is 28.5 Å². The summed E-state index contributed by atoms with van der Waals surface area (Å²) in [5.74, 6) is 3.90. The highest BCUT2D eigenvalue weighted by Gasteiger charge is 2.56. The minimum atomic E-state index is -0.321. The maximum absolute atomic E-state index is 12.6. The summed E-state index contributed by atoms with van der Waals surface area (Å²) < 4.78 is 22.0. The van der Waals surface area contributed by atoms with E-state index in [-0.39, 0.29) is 11.9 Å². The van der Waals surface area contributed by atoms with E-state index in [1.807, 2.05) is 24.3 Å². The lowest BCUT2D eigenvalue weighted by Crippen LogP contribution is -2.28. The molecule has 3 saturated carbocycles. The first-order valence-corrected chi connectivity index (χ1v) is 12.2. The molecule has 6 heteroatoms. The van der Waals surface area contributed by atoms with Crippen LogP contribution in [-0.2, 0) is 9.47 Å². The number of ether oxygens (including phenoxy) is 4. The Morgan fingerprint density at radius 1 is 0.706 bits per heavy atom. The molecule has 0 radical (unpaired) electrons. The number of fused-ring (bicyclic) bond motifs is 5. The van der Waals surface area contributed by atoms with Crippen LogP contribution in [0.2, 0.25) is 0 Å². The highest BCUT2D eigenvalue weighted by molar-refractivity contribution is 5.93. The Kier molecular flexibility index (Phi) is 6.48.